The van der Waals surface area contributed by atoms with Crippen LogP contribution in [0.1, 0.15) is 50.4 Å². The Labute approximate surface area is 178 Å². The smallest absolute Gasteiger partial charge is 0.262 e. The van der Waals surface area contributed by atoms with Crippen LogP contribution in [0.5, 0.6) is 0 Å². The fraction of sp³-hybridized carbons (Fsp3) is 0.381. The third-order valence-electron chi connectivity index (χ3n) is 6.07. The summed E-state index contributed by atoms with van der Waals surface area (Å²) >= 11 is 0. The summed E-state index contributed by atoms with van der Waals surface area (Å²) in [6.45, 7) is 1.94. The lowest BCUT2D eigenvalue weighted by molar-refractivity contribution is -0.136. The van der Waals surface area contributed by atoms with Gasteiger partial charge in [-0.3, -0.25) is 34.1 Å². The van der Waals surface area contributed by atoms with Gasteiger partial charge in [0.05, 0.1) is 16.8 Å². The molecule has 1 unspecified atom stereocenters. The Morgan fingerprint density at radius 2 is 2.00 bits per heavy atom. The summed E-state index contributed by atoms with van der Waals surface area (Å²) in [5.74, 6) is -1.10. The number of amides is 4. The zero-order chi connectivity index (χ0) is 21.7. The second-order valence-electron chi connectivity index (χ2n) is 7.96. The van der Waals surface area contributed by atoms with Crippen LogP contribution in [-0.4, -0.2) is 50.9 Å². The number of nitrogens with one attached hydrogen (secondary N) is 3. The van der Waals surface area contributed by atoms with Crippen LogP contribution in [0.25, 0.3) is 0 Å². The molecule has 4 heterocycles. The molecule has 1 aromatic carbocycles. The number of imide groups is 2. The number of nitrogens with zero attached hydrogens (tertiary/aromatic N) is 3. The molecule has 10 heteroatoms. The standard InChI is InChI=1S/C21H22N6O4/c1-26-18(12-7-8-22-10-14(12)25-26)23-9-11-3-2-4-13-17(11)21(31)27(20(13)30)15-5-6-16(28)24-19(15)29/h2-4,15,22-23H,5-10H2,1H3,(H,24,28,29). The van der Waals surface area contributed by atoms with Gasteiger partial charge in [-0.1, -0.05) is 12.1 Å². The molecule has 160 valence electrons. The van der Waals surface area contributed by atoms with Crippen LogP contribution < -0.4 is 16.0 Å². The Kier molecular flexibility index (Phi) is 4.58. The topological polar surface area (TPSA) is 125 Å². The molecule has 1 atom stereocenters. The molecule has 2 aromatic rings. The van der Waals surface area contributed by atoms with Crippen molar-refractivity contribution >= 4 is 29.4 Å². The SMILES string of the molecule is Cn1nc2c(c1NCc1cccc3c1C(=O)N(C1CCC(=O)NC1=O)C3=O)CCNC2. The second kappa shape index (κ2) is 7.31. The first-order chi connectivity index (χ1) is 15.0. The normalized spacial score (nSPS) is 20.5. The lowest BCUT2D eigenvalue weighted by atomic mass is 10.0. The Morgan fingerprint density at radius 1 is 1.16 bits per heavy atom. The van der Waals surface area contributed by atoms with Gasteiger partial charge in [-0.05, 0) is 31.0 Å². The number of aromatic nitrogens is 2. The van der Waals surface area contributed by atoms with Gasteiger partial charge < -0.3 is 10.6 Å². The Bertz CT molecular complexity index is 1140. The summed E-state index contributed by atoms with van der Waals surface area (Å²) in [6, 6.07) is 4.16. The van der Waals surface area contributed by atoms with Crippen molar-refractivity contribution < 1.29 is 19.2 Å². The highest BCUT2D eigenvalue weighted by atomic mass is 16.2. The van der Waals surface area contributed by atoms with E-state index in [-0.39, 0.29) is 18.4 Å². The maximum atomic E-state index is 13.2. The number of hydrogen-bond donors (Lipinski definition) is 3. The van der Waals surface area contributed by atoms with E-state index in [1.54, 1.807) is 22.9 Å². The summed E-state index contributed by atoms with van der Waals surface area (Å²) in [7, 11) is 1.87. The van der Waals surface area contributed by atoms with E-state index in [9.17, 15) is 19.2 Å². The number of rotatable bonds is 4. The van der Waals surface area contributed by atoms with Crippen molar-refractivity contribution in [2.75, 3.05) is 11.9 Å². The second-order valence-corrected chi connectivity index (χ2v) is 7.96. The van der Waals surface area contributed by atoms with Gasteiger partial charge in [0.2, 0.25) is 11.8 Å². The minimum atomic E-state index is -0.970. The molecule has 3 N–H and O–H groups in total. The van der Waals surface area contributed by atoms with E-state index in [1.807, 2.05) is 7.05 Å². The molecule has 1 aromatic heterocycles. The fourth-order valence-electron chi connectivity index (χ4n) is 4.58. The molecular weight excluding hydrogens is 400 g/mol. The van der Waals surface area contributed by atoms with Crippen LogP contribution in [0.15, 0.2) is 18.2 Å². The van der Waals surface area contributed by atoms with Crippen LogP contribution in [0.3, 0.4) is 0 Å². The highest BCUT2D eigenvalue weighted by molar-refractivity contribution is 6.24. The van der Waals surface area contributed by atoms with Gasteiger partial charge in [-0.15, -0.1) is 0 Å². The minimum absolute atomic E-state index is 0.0959. The Morgan fingerprint density at radius 3 is 2.81 bits per heavy atom. The first-order valence-electron chi connectivity index (χ1n) is 10.3. The number of piperidine rings is 1. The highest BCUT2D eigenvalue weighted by Crippen LogP contribution is 2.31. The molecule has 0 radical (unpaired) electrons. The molecule has 3 aliphatic rings. The molecule has 0 bridgehead atoms. The summed E-state index contributed by atoms with van der Waals surface area (Å²) in [5, 5.41) is 13.4. The molecule has 1 saturated heterocycles. The monoisotopic (exact) mass is 422 g/mol. The molecule has 0 saturated carbocycles. The number of carbonyl (C=O) groups is 4. The van der Waals surface area contributed by atoms with Gasteiger partial charge >= 0.3 is 0 Å². The first-order valence-corrected chi connectivity index (χ1v) is 10.3. The van der Waals surface area contributed by atoms with Gasteiger partial charge in [-0.25, -0.2) is 0 Å². The molecule has 0 aliphatic carbocycles. The van der Waals surface area contributed by atoms with Crippen molar-refractivity contribution in [1.29, 1.82) is 0 Å². The van der Waals surface area contributed by atoms with Gasteiger partial charge in [-0.2, -0.15) is 5.10 Å². The quantitative estimate of drug-likeness (QED) is 0.596. The number of benzene rings is 1. The third-order valence-corrected chi connectivity index (χ3v) is 6.07. The molecule has 0 spiro atoms. The van der Waals surface area contributed by atoms with Gasteiger partial charge in [0.15, 0.2) is 0 Å². The van der Waals surface area contributed by atoms with E-state index in [4.69, 9.17) is 0 Å². The molecule has 1 fully saturated rings. The predicted molar refractivity (Wildman–Crippen MR) is 109 cm³/mol. The van der Waals surface area contributed by atoms with Crippen molar-refractivity contribution in [3.05, 3.63) is 46.1 Å². The molecular formula is C21H22N6O4. The van der Waals surface area contributed by atoms with E-state index in [0.717, 1.165) is 41.5 Å². The van der Waals surface area contributed by atoms with Crippen molar-refractivity contribution in [3.8, 4) is 0 Å². The van der Waals surface area contributed by atoms with Crippen LogP contribution in [0.4, 0.5) is 5.82 Å². The van der Waals surface area contributed by atoms with Crippen molar-refractivity contribution in [2.24, 2.45) is 7.05 Å². The van der Waals surface area contributed by atoms with Crippen LogP contribution >= 0.6 is 0 Å². The molecule has 10 nitrogen and oxygen atoms in total. The maximum absolute atomic E-state index is 13.2. The Balaban J connectivity index is 1.42. The highest BCUT2D eigenvalue weighted by Gasteiger charge is 2.45. The van der Waals surface area contributed by atoms with Crippen LogP contribution in [-0.2, 0) is 36.1 Å². The third kappa shape index (κ3) is 3.10. The van der Waals surface area contributed by atoms with E-state index in [2.05, 4.69) is 21.0 Å². The van der Waals surface area contributed by atoms with Crippen LogP contribution in [0, 0.1) is 0 Å². The maximum Gasteiger partial charge on any atom is 0.262 e. The summed E-state index contributed by atoms with van der Waals surface area (Å²) in [4.78, 5) is 50.9. The number of fused-ring (bicyclic) bond motifs is 2. The van der Waals surface area contributed by atoms with E-state index in [1.165, 1.54) is 0 Å². The first kappa shape index (κ1) is 19.4. The fourth-order valence-corrected chi connectivity index (χ4v) is 4.58. The number of hydrogen-bond acceptors (Lipinski definition) is 7. The average molecular weight is 422 g/mol. The molecule has 4 amide bonds. The van der Waals surface area contributed by atoms with Crippen molar-refractivity contribution in [1.82, 2.24) is 25.3 Å². The lowest BCUT2D eigenvalue weighted by Gasteiger charge is -2.27. The number of aryl methyl sites for hydroxylation is 1. The van der Waals surface area contributed by atoms with E-state index >= 15 is 0 Å². The van der Waals surface area contributed by atoms with Gasteiger partial charge in [0.1, 0.15) is 11.9 Å². The molecule has 3 aliphatic heterocycles. The minimum Gasteiger partial charge on any atom is -0.366 e. The van der Waals surface area contributed by atoms with Crippen molar-refractivity contribution in [3.63, 3.8) is 0 Å². The zero-order valence-electron chi connectivity index (χ0n) is 17.0. The zero-order valence-corrected chi connectivity index (χ0v) is 17.0. The van der Waals surface area contributed by atoms with E-state index < -0.39 is 29.7 Å². The van der Waals surface area contributed by atoms with E-state index in [0.29, 0.717) is 17.7 Å². The summed E-state index contributed by atoms with van der Waals surface area (Å²) < 4.78 is 1.80. The summed E-state index contributed by atoms with van der Waals surface area (Å²) in [5.41, 5.74) is 3.42. The lowest BCUT2D eigenvalue weighted by Crippen LogP contribution is -2.54. The Hall–Kier alpha value is -3.53. The number of anilines is 1. The molecule has 31 heavy (non-hydrogen) atoms. The largest absolute Gasteiger partial charge is 0.366 e. The molecule has 5 rings (SSSR count). The summed E-state index contributed by atoms with van der Waals surface area (Å²) in [6.07, 6.45) is 1.09. The van der Waals surface area contributed by atoms with Crippen molar-refractivity contribution in [2.45, 2.75) is 38.4 Å². The van der Waals surface area contributed by atoms with Gasteiger partial charge in [0, 0.05) is 32.1 Å². The van der Waals surface area contributed by atoms with Crippen LogP contribution in [0.2, 0.25) is 0 Å². The van der Waals surface area contributed by atoms with Gasteiger partial charge in [0.25, 0.3) is 11.8 Å². The predicted octanol–water partition coefficient (Wildman–Crippen LogP) is 0.0791. The average Bonchev–Trinajstić information content (AvgIpc) is 3.20. The number of carbonyl (C=O) groups excluding carboxylic acids is 4.